The van der Waals surface area contributed by atoms with Crippen LogP contribution in [0.1, 0.15) is 11.1 Å². The summed E-state index contributed by atoms with van der Waals surface area (Å²) < 4.78 is 6.09. The average molecular weight is 384 g/mol. The number of hydrogen-bond donors (Lipinski definition) is 0. The Bertz CT molecular complexity index is 1120. The minimum Gasteiger partial charge on any atom is -0.455 e. The number of anilines is 1. The fourth-order valence-electron chi connectivity index (χ4n) is 3.62. The van der Waals surface area contributed by atoms with Crippen molar-refractivity contribution in [3.8, 4) is 0 Å². The van der Waals surface area contributed by atoms with Gasteiger partial charge in [0, 0.05) is 11.1 Å². The van der Waals surface area contributed by atoms with E-state index in [9.17, 15) is 10.1 Å². The maximum Gasteiger partial charge on any atom is 0.459 e. The quantitative estimate of drug-likeness (QED) is 0.508. The van der Waals surface area contributed by atoms with E-state index in [4.69, 9.17) is 4.74 Å². The molecule has 29 heavy (non-hydrogen) atoms. The van der Waals surface area contributed by atoms with Gasteiger partial charge in [0.05, 0.1) is 10.6 Å². The lowest BCUT2D eigenvalue weighted by molar-refractivity contribution is -0.569. The molecule has 3 aromatic carbocycles. The minimum atomic E-state index is -1.91. The van der Waals surface area contributed by atoms with Gasteiger partial charge in [0.25, 0.3) is 6.10 Å². The van der Waals surface area contributed by atoms with Crippen LogP contribution in [0.3, 0.4) is 0 Å². The third kappa shape index (κ3) is 2.59. The normalized spacial score (nSPS) is 22.5. The first-order chi connectivity index (χ1) is 14.2. The second-order valence-corrected chi connectivity index (χ2v) is 6.72. The van der Waals surface area contributed by atoms with Gasteiger partial charge in [-0.15, -0.1) is 4.99 Å². The van der Waals surface area contributed by atoms with Crippen LogP contribution in [0.25, 0.3) is 0 Å². The van der Waals surface area contributed by atoms with Crippen molar-refractivity contribution in [2.45, 2.75) is 11.9 Å². The molecule has 0 spiro atoms. The summed E-state index contributed by atoms with van der Waals surface area (Å²) in [4.78, 5) is 16.5. The number of nitrogens with zero attached hydrogens (tertiary/aromatic N) is 4. The molecule has 2 atom stereocenters. The van der Waals surface area contributed by atoms with Crippen molar-refractivity contribution in [1.29, 1.82) is 0 Å². The Morgan fingerprint density at radius 2 is 1.41 bits per heavy atom. The van der Waals surface area contributed by atoms with Gasteiger partial charge in [-0.2, -0.15) is 10.1 Å². The average Bonchev–Trinajstić information content (AvgIpc) is 3.32. The number of rotatable bonds is 4. The zero-order valence-electron chi connectivity index (χ0n) is 15.3. The number of nitro groups is 1. The molecule has 2 aliphatic rings. The smallest absolute Gasteiger partial charge is 0.455 e. The van der Waals surface area contributed by atoms with Gasteiger partial charge in [0.2, 0.25) is 5.90 Å². The molecule has 7 heteroatoms. The van der Waals surface area contributed by atoms with Crippen LogP contribution in [0.15, 0.2) is 101 Å². The maximum absolute atomic E-state index is 12.4. The lowest BCUT2D eigenvalue weighted by Gasteiger charge is -2.24. The van der Waals surface area contributed by atoms with Crippen LogP contribution >= 0.6 is 0 Å². The van der Waals surface area contributed by atoms with Gasteiger partial charge in [-0.05, 0) is 24.3 Å². The van der Waals surface area contributed by atoms with Crippen molar-refractivity contribution in [2.75, 3.05) is 5.01 Å². The molecule has 0 N–H and O–H groups in total. The summed E-state index contributed by atoms with van der Waals surface area (Å²) >= 11 is 0. The Labute approximate surface area is 166 Å². The van der Waals surface area contributed by atoms with E-state index in [1.54, 1.807) is 12.1 Å². The Morgan fingerprint density at radius 3 is 2.00 bits per heavy atom. The summed E-state index contributed by atoms with van der Waals surface area (Å²) in [5.41, 5.74) is 2.48. The van der Waals surface area contributed by atoms with E-state index in [0.29, 0.717) is 17.0 Å². The van der Waals surface area contributed by atoms with Gasteiger partial charge in [-0.1, -0.05) is 66.7 Å². The van der Waals surface area contributed by atoms with E-state index in [2.05, 4.69) is 10.1 Å². The van der Waals surface area contributed by atoms with Crippen molar-refractivity contribution in [2.24, 2.45) is 10.1 Å². The molecule has 0 saturated carbocycles. The Hall–Kier alpha value is -4.00. The molecule has 142 valence electrons. The fraction of sp³-hybridized carbons (Fsp3) is 0.0909. The maximum atomic E-state index is 12.4. The molecular weight excluding hydrogens is 368 g/mol. The zero-order chi connectivity index (χ0) is 19.8. The summed E-state index contributed by atoms with van der Waals surface area (Å²) in [6, 6.07) is 27.6. The highest BCUT2D eigenvalue weighted by Gasteiger charge is 2.69. The van der Waals surface area contributed by atoms with Crippen molar-refractivity contribution >= 4 is 17.3 Å². The Morgan fingerprint density at radius 1 is 0.862 bits per heavy atom. The highest BCUT2D eigenvalue weighted by atomic mass is 16.7. The summed E-state index contributed by atoms with van der Waals surface area (Å²) in [7, 11) is 0. The van der Waals surface area contributed by atoms with Crippen LogP contribution in [-0.4, -0.2) is 28.4 Å². The molecule has 0 unspecified atom stereocenters. The molecular formula is C22H16N4O3. The molecule has 0 amide bonds. The van der Waals surface area contributed by atoms with Gasteiger partial charge in [-0.3, -0.25) is 10.1 Å². The fourth-order valence-corrected chi connectivity index (χ4v) is 3.62. The van der Waals surface area contributed by atoms with Crippen LogP contribution in [0.2, 0.25) is 0 Å². The van der Waals surface area contributed by atoms with Crippen molar-refractivity contribution < 1.29 is 9.66 Å². The van der Waals surface area contributed by atoms with Gasteiger partial charge in [0.1, 0.15) is 5.71 Å². The predicted molar refractivity (Wildman–Crippen MR) is 109 cm³/mol. The van der Waals surface area contributed by atoms with E-state index < -0.39 is 16.8 Å². The third-order valence-electron chi connectivity index (χ3n) is 4.97. The highest BCUT2D eigenvalue weighted by Crippen LogP contribution is 2.42. The molecule has 0 fully saturated rings. The second-order valence-electron chi connectivity index (χ2n) is 6.72. The van der Waals surface area contributed by atoms with E-state index in [-0.39, 0.29) is 5.90 Å². The molecule has 7 nitrogen and oxygen atoms in total. The topological polar surface area (TPSA) is 80.3 Å². The Balaban J connectivity index is 1.71. The number of aliphatic imine (C=N–C) groups is 1. The molecule has 0 bridgehead atoms. The van der Waals surface area contributed by atoms with Gasteiger partial charge >= 0.3 is 5.79 Å². The largest absolute Gasteiger partial charge is 0.459 e. The highest BCUT2D eigenvalue weighted by molar-refractivity contribution is 6.10. The van der Waals surface area contributed by atoms with Crippen LogP contribution < -0.4 is 5.01 Å². The number of para-hydroxylation sites is 1. The number of hydrogen-bond acceptors (Lipinski definition) is 6. The van der Waals surface area contributed by atoms with E-state index >= 15 is 0 Å². The van der Waals surface area contributed by atoms with Crippen LogP contribution in [0.4, 0.5) is 5.69 Å². The molecule has 5 rings (SSSR count). The zero-order valence-corrected chi connectivity index (χ0v) is 15.3. The van der Waals surface area contributed by atoms with Gasteiger partial charge < -0.3 is 4.74 Å². The van der Waals surface area contributed by atoms with E-state index in [1.807, 2.05) is 78.9 Å². The molecule has 0 saturated heterocycles. The number of fused-ring (bicyclic) bond motifs is 1. The standard InChI is InChI=1S/C22H16N4O3/c27-26(28)22-20(29-21(23-22)17-12-6-2-7-13-17)19(16-10-4-1-5-11-16)24-25(22)18-14-8-3-9-15-18/h1-15,20H/t20-,22-/m1/s1. The van der Waals surface area contributed by atoms with Crippen molar-refractivity contribution in [1.82, 2.24) is 0 Å². The molecule has 2 aliphatic heterocycles. The predicted octanol–water partition coefficient (Wildman–Crippen LogP) is 3.69. The number of hydrazone groups is 1. The lowest BCUT2D eigenvalue weighted by Crippen LogP contribution is -2.55. The minimum absolute atomic E-state index is 0.233. The van der Waals surface area contributed by atoms with Crippen LogP contribution in [-0.2, 0) is 4.74 Å². The van der Waals surface area contributed by atoms with E-state index in [1.165, 1.54) is 5.01 Å². The molecule has 0 aliphatic carbocycles. The van der Waals surface area contributed by atoms with Crippen LogP contribution in [0, 0.1) is 10.1 Å². The van der Waals surface area contributed by atoms with Crippen LogP contribution in [0.5, 0.6) is 0 Å². The summed E-state index contributed by atoms with van der Waals surface area (Å²) in [6.45, 7) is 0. The molecule has 2 heterocycles. The monoisotopic (exact) mass is 384 g/mol. The van der Waals surface area contributed by atoms with Gasteiger partial charge in [-0.25, -0.2) is 0 Å². The SMILES string of the molecule is O=[N+]([O-])[C@@]12N=C(c3ccccc3)O[C@@H]1C(c1ccccc1)=NN2c1ccccc1. The Kier molecular flexibility index (Phi) is 3.87. The van der Waals surface area contributed by atoms with Crippen molar-refractivity contribution in [3.05, 3.63) is 112 Å². The lowest BCUT2D eigenvalue weighted by atomic mass is 10.0. The number of benzene rings is 3. The van der Waals surface area contributed by atoms with Crippen molar-refractivity contribution in [3.63, 3.8) is 0 Å². The molecule has 0 aromatic heterocycles. The van der Waals surface area contributed by atoms with Gasteiger partial charge in [0.15, 0.2) is 0 Å². The number of ether oxygens (including phenoxy) is 1. The molecule has 3 aromatic rings. The first-order valence-electron chi connectivity index (χ1n) is 9.16. The van der Waals surface area contributed by atoms with E-state index in [0.717, 1.165) is 5.56 Å². The summed E-state index contributed by atoms with van der Waals surface area (Å²) in [6.07, 6.45) is -0.977. The summed E-state index contributed by atoms with van der Waals surface area (Å²) in [5, 5.41) is 18.4. The second kappa shape index (κ2) is 6.56. The molecule has 0 radical (unpaired) electrons. The third-order valence-corrected chi connectivity index (χ3v) is 4.97. The summed E-state index contributed by atoms with van der Waals surface area (Å²) in [5.74, 6) is -1.67. The first kappa shape index (κ1) is 17.1. The first-order valence-corrected chi connectivity index (χ1v) is 9.16.